The van der Waals surface area contributed by atoms with Gasteiger partial charge in [-0.15, -0.1) is 0 Å². The summed E-state index contributed by atoms with van der Waals surface area (Å²) in [5.41, 5.74) is 6.29. The van der Waals surface area contributed by atoms with Crippen molar-refractivity contribution in [2.75, 3.05) is 6.67 Å². The van der Waals surface area contributed by atoms with Crippen molar-refractivity contribution in [3.8, 4) is 22.3 Å². The topological polar surface area (TPSA) is 0 Å². The minimum Gasteiger partial charge on any atom is -0.251 e. The lowest BCUT2D eigenvalue weighted by molar-refractivity contribution is 0.175. The van der Waals surface area contributed by atoms with Gasteiger partial charge in [-0.1, -0.05) is 124 Å². The molecule has 0 spiro atoms. The van der Waals surface area contributed by atoms with Gasteiger partial charge in [-0.25, -0.2) is 0 Å². The molecule has 4 rings (SSSR count). The lowest BCUT2D eigenvalue weighted by Gasteiger charge is -2.37. The molecule has 1 fully saturated rings. The molecular weight excluding hydrogens is 391 g/mol. The number of halogens is 1. The van der Waals surface area contributed by atoms with Crippen molar-refractivity contribution in [1.82, 2.24) is 0 Å². The molecule has 3 aromatic rings. The molecule has 32 heavy (non-hydrogen) atoms. The number of rotatable bonds is 9. The molecule has 3 aromatic carbocycles. The predicted molar refractivity (Wildman–Crippen MR) is 136 cm³/mol. The summed E-state index contributed by atoms with van der Waals surface area (Å²) < 4.78 is 13.6. The molecule has 3 atom stereocenters. The van der Waals surface area contributed by atoms with Gasteiger partial charge < -0.3 is 0 Å². The Hall–Kier alpha value is -2.41. The Bertz CT molecular complexity index is 926. The normalized spacial score (nSPS) is 19.6. The van der Waals surface area contributed by atoms with Crippen molar-refractivity contribution in [3.05, 3.63) is 84.4 Å². The number of hydrogen-bond acceptors (Lipinski definition) is 0. The summed E-state index contributed by atoms with van der Waals surface area (Å²) in [4.78, 5) is 0. The largest absolute Gasteiger partial charge is 0.251 e. The van der Waals surface area contributed by atoms with Gasteiger partial charge in [0.15, 0.2) is 0 Å². The molecule has 0 bridgehead atoms. The third-order valence-electron chi connectivity index (χ3n) is 7.50. The highest BCUT2D eigenvalue weighted by Gasteiger charge is 2.32. The number of alkyl halides is 1. The van der Waals surface area contributed by atoms with E-state index in [2.05, 4.69) is 85.8 Å². The average molecular weight is 429 g/mol. The maximum absolute atomic E-state index is 13.6. The summed E-state index contributed by atoms with van der Waals surface area (Å²) in [7, 11) is 0. The Labute approximate surface area is 193 Å². The van der Waals surface area contributed by atoms with Crippen molar-refractivity contribution in [2.45, 2.75) is 64.2 Å². The molecule has 0 aliphatic heterocycles. The van der Waals surface area contributed by atoms with Gasteiger partial charge in [-0.3, -0.25) is 4.39 Å². The van der Waals surface area contributed by atoms with E-state index in [-0.39, 0.29) is 6.67 Å². The van der Waals surface area contributed by atoms with Gasteiger partial charge in [-0.2, -0.15) is 0 Å². The molecule has 1 saturated carbocycles. The van der Waals surface area contributed by atoms with Crippen molar-refractivity contribution >= 4 is 0 Å². The first-order valence-corrected chi connectivity index (χ1v) is 12.6. The fourth-order valence-corrected chi connectivity index (χ4v) is 5.74. The Morgan fingerprint density at radius 3 is 1.91 bits per heavy atom. The Morgan fingerprint density at radius 1 is 0.750 bits per heavy atom. The molecule has 0 nitrogen and oxygen atoms in total. The highest BCUT2D eigenvalue weighted by molar-refractivity contribution is 5.70. The Balaban J connectivity index is 1.51. The first kappa shape index (κ1) is 22.8. The van der Waals surface area contributed by atoms with Gasteiger partial charge >= 0.3 is 0 Å². The number of benzene rings is 3. The zero-order valence-electron chi connectivity index (χ0n) is 19.5. The molecule has 1 heteroatoms. The van der Waals surface area contributed by atoms with Crippen LogP contribution in [0.25, 0.3) is 22.3 Å². The van der Waals surface area contributed by atoms with Crippen LogP contribution in [0.1, 0.15) is 69.8 Å². The molecule has 0 heterocycles. The third kappa shape index (κ3) is 5.49. The smallest absolute Gasteiger partial charge is 0.0900 e. The van der Waals surface area contributed by atoms with Crippen LogP contribution in [-0.4, -0.2) is 6.67 Å². The minimum atomic E-state index is -0.218. The van der Waals surface area contributed by atoms with Crippen molar-refractivity contribution < 1.29 is 4.39 Å². The summed E-state index contributed by atoms with van der Waals surface area (Å²) in [5, 5.41) is 0. The molecule has 0 amide bonds. The van der Waals surface area contributed by atoms with E-state index >= 15 is 0 Å². The second-order valence-electron chi connectivity index (χ2n) is 9.50. The van der Waals surface area contributed by atoms with E-state index in [1.165, 1.54) is 72.8 Å². The summed E-state index contributed by atoms with van der Waals surface area (Å²) in [6.45, 7) is 2.06. The summed E-state index contributed by atoms with van der Waals surface area (Å²) in [6, 6.07) is 28.3. The maximum Gasteiger partial charge on any atom is 0.0900 e. The highest BCUT2D eigenvalue weighted by atomic mass is 19.1. The predicted octanol–water partition coefficient (Wildman–Crippen LogP) is 9.46. The van der Waals surface area contributed by atoms with Crippen LogP contribution in [-0.2, 0) is 0 Å². The van der Waals surface area contributed by atoms with E-state index in [0.717, 1.165) is 5.92 Å². The zero-order valence-corrected chi connectivity index (χ0v) is 19.5. The standard InChI is InChI=1S/C31H37F/c1-2-3-9-28-12-7-8-13-30(28)31(22-23-32)29-20-18-27(19-21-29)26-16-14-25(15-17-26)24-10-5-4-6-11-24/h4-6,10-11,14-21,28,30-31H,2-3,7-9,12-13,22-23H2,1H3. The fraction of sp³-hybridized carbons (Fsp3) is 0.419. The molecule has 1 aliphatic carbocycles. The summed E-state index contributed by atoms with van der Waals surface area (Å²) in [6.07, 6.45) is 9.80. The monoisotopic (exact) mass is 428 g/mol. The zero-order chi connectivity index (χ0) is 22.2. The molecule has 168 valence electrons. The van der Waals surface area contributed by atoms with Gasteiger partial charge in [0.25, 0.3) is 0 Å². The molecule has 0 N–H and O–H groups in total. The van der Waals surface area contributed by atoms with Gasteiger partial charge in [-0.05, 0) is 58.4 Å². The van der Waals surface area contributed by atoms with Crippen LogP contribution in [0.5, 0.6) is 0 Å². The van der Waals surface area contributed by atoms with Crippen LogP contribution >= 0.6 is 0 Å². The van der Waals surface area contributed by atoms with Gasteiger partial charge in [0.05, 0.1) is 6.67 Å². The molecular formula is C31H37F. The molecule has 0 saturated heterocycles. The highest BCUT2D eigenvalue weighted by Crippen LogP contribution is 2.44. The van der Waals surface area contributed by atoms with Crippen LogP contribution in [0.15, 0.2) is 78.9 Å². The van der Waals surface area contributed by atoms with E-state index in [1.807, 2.05) is 0 Å². The number of unbranched alkanes of at least 4 members (excludes halogenated alkanes) is 1. The second-order valence-corrected chi connectivity index (χ2v) is 9.50. The molecule has 1 aliphatic rings. The SMILES string of the molecule is CCCCC1CCCCC1C(CCF)c1ccc(-c2ccc(-c3ccccc3)cc2)cc1. The van der Waals surface area contributed by atoms with Crippen LogP contribution < -0.4 is 0 Å². The Morgan fingerprint density at radius 2 is 1.31 bits per heavy atom. The van der Waals surface area contributed by atoms with Crippen molar-refractivity contribution in [1.29, 1.82) is 0 Å². The summed E-state index contributed by atoms with van der Waals surface area (Å²) in [5.74, 6) is 1.77. The van der Waals surface area contributed by atoms with Gasteiger partial charge in [0.1, 0.15) is 0 Å². The van der Waals surface area contributed by atoms with E-state index in [1.54, 1.807) is 0 Å². The Kier molecular flexibility index (Phi) is 8.15. The number of hydrogen-bond donors (Lipinski definition) is 0. The second kappa shape index (κ2) is 11.5. The van der Waals surface area contributed by atoms with Gasteiger partial charge in [0.2, 0.25) is 0 Å². The third-order valence-corrected chi connectivity index (χ3v) is 7.50. The van der Waals surface area contributed by atoms with Crippen LogP contribution in [0.3, 0.4) is 0 Å². The van der Waals surface area contributed by atoms with Crippen LogP contribution in [0.4, 0.5) is 4.39 Å². The van der Waals surface area contributed by atoms with E-state index < -0.39 is 0 Å². The maximum atomic E-state index is 13.6. The van der Waals surface area contributed by atoms with Crippen molar-refractivity contribution in [3.63, 3.8) is 0 Å². The van der Waals surface area contributed by atoms with Crippen LogP contribution in [0.2, 0.25) is 0 Å². The minimum absolute atomic E-state index is 0.218. The molecule has 0 aromatic heterocycles. The van der Waals surface area contributed by atoms with E-state index in [4.69, 9.17) is 0 Å². The average Bonchev–Trinajstić information content (AvgIpc) is 2.87. The van der Waals surface area contributed by atoms with E-state index in [0.29, 0.717) is 18.3 Å². The van der Waals surface area contributed by atoms with E-state index in [9.17, 15) is 4.39 Å². The molecule has 3 unspecified atom stereocenters. The quantitative estimate of drug-likeness (QED) is 0.318. The van der Waals surface area contributed by atoms with Crippen molar-refractivity contribution in [2.24, 2.45) is 11.8 Å². The first-order chi connectivity index (χ1) is 15.8. The first-order valence-electron chi connectivity index (χ1n) is 12.6. The molecule has 0 radical (unpaired) electrons. The van der Waals surface area contributed by atoms with Crippen LogP contribution in [0, 0.1) is 11.8 Å². The fourth-order valence-electron chi connectivity index (χ4n) is 5.74. The lowest BCUT2D eigenvalue weighted by atomic mass is 9.68. The van der Waals surface area contributed by atoms with Gasteiger partial charge in [0, 0.05) is 0 Å². The lowest BCUT2D eigenvalue weighted by Crippen LogP contribution is -2.26. The summed E-state index contributed by atoms with van der Waals surface area (Å²) >= 11 is 0.